The number of hydrogen-bond donors (Lipinski definition) is 1. The lowest BCUT2D eigenvalue weighted by molar-refractivity contribution is 0.107. The first-order valence-electron chi connectivity index (χ1n) is 6.07. The summed E-state index contributed by atoms with van der Waals surface area (Å²) in [5.74, 6) is 0.569. The van der Waals surface area contributed by atoms with Crippen LogP contribution in [-0.2, 0) is 17.8 Å². The Labute approximate surface area is 114 Å². The number of aromatic nitrogens is 1. The van der Waals surface area contributed by atoms with Crippen molar-refractivity contribution in [2.24, 2.45) is 0 Å². The van der Waals surface area contributed by atoms with E-state index in [0.29, 0.717) is 35.9 Å². The van der Waals surface area contributed by atoms with Gasteiger partial charge in [-0.25, -0.2) is 4.98 Å². The second kappa shape index (κ2) is 5.42. The van der Waals surface area contributed by atoms with Crippen molar-refractivity contribution < 1.29 is 9.15 Å². The maximum atomic E-state index is 5.83. The van der Waals surface area contributed by atoms with Crippen molar-refractivity contribution in [2.75, 3.05) is 12.3 Å². The minimum Gasteiger partial charge on any atom is -0.438 e. The fraction of sp³-hybridized carbons (Fsp3) is 0.214. The standard InChI is InChI=1S/C14H14N2O2S/c15-11-4-1-5-12-14(11)16-13(18-12)9-17-7-6-10-3-2-8-19-10/h1-5,8H,6-7,9,15H2. The lowest BCUT2D eigenvalue weighted by Gasteiger charge is -1.99. The molecule has 0 spiro atoms. The van der Waals surface area contributed by atoms with E-state index >= 15 is 0 Å². The minimum absolute atomic E-state index is 0.374. The van der Waals surface area contributed by atoms with Crippen molar-refractivity contribution in [3.8, 4) is 0 Å². The van der Waals surface area contributed by atoms with Crippen LogP contribution >= 0.6 is 11.3 Å². The topological polar surface area (TPSA) is 61.3 Å². The molecule has 0 unspecified atom stereocenters. The van der Waals surface area contributed by atoms with Gasteiger partial charge in [-0.3, -0.25) is 0 Å². The van der Waals surface area contributed by atoms with Crippen molar-refractivity contribution in [3.63, 3.8) is 0 Å². The number of benzene rings is 1. The third-order valence-corrected chi connectivity index (χ3v) is 3.73. The highest BCUT2D eigenvalue weighted by atomic mass is 32.1. The molecule has 0 saturated carbocycles. The number of nitrogens with zero attached hydrogens (tertiary/aromatic N) is 1. The predicted octanol–water partition coefficient (Wildman–Crippen LogP) is 3.23. The van der Waals surface area contributed by atoms with Crippen LogP contribution in [0.1, 0.15) is 10.8 Å². The van der Waals surface area contributed by atoms with E-state index in [0.717, 1.165) is 6.42 Å². The molecule has 0 bridgehead atoms. The Balaban J connectivity index is 1.58. The number of thiophene rings is 1. The first kappa shape index (κ1) is 12.2. The fourth-order valence-electron chi connectivity index (χ4n) is 1.86. The largest absolute Gasteiger partial charge is 0.438 e. The summed E-state index contributed by atoms with van der Waals surface area (Å²) in [7, 11) is 0. The number of hydrogen-bond acceptors (Lipinski definition) is 5. The van der Waals surface area contributed by atoms with Crippen LogP contribution < -0.4 is 5.73 Å². The molecule has 19 heavy (non-hydrogen) atoms. The molecular formula is C14H14N2O2S. The summed E-state index contributed by atoms with van der Waals surface area (Å²) in [6.07, 6.45) is 0.917. The number of oxazole rings is 1. The molecule has 1 aromatic carbocycles. The maximum absolute atomic E-state index is 5.83. The molecule has 0 fully saturated rings. The minimum atomic E-state index is 0.374. The molecule has 0 amide bonds. The van der Waals surface area contributed by atoms with E-state index in [-0.39, 0.29) is 0 Å². The molecule has 3 aromatic rings. The van der Waals surface area contributed by atoms with E-state index in [1.807, 2.05) is 24.3 Å². The fourth-order valence-corrected chi connectivity index (χ4v) is 2.55. The Kier molecular flexibility index (Phi) is 3.48. The normalized spacial score (nSPS) is 11.2. The zero-order valence-corrected chi connectivity index (χ0v) is 11.2. The number of nitrogens with two attached hydrogens (primary N) is 1. The van der Waals surface area contributed by atoms with E-state index in [2.05, 4.69) is 16.4 Å². The molecule has 0 aliphatic carbocycles. The van der Waals surface area contributed by atoms with Gasteiger partial charge in [0, 0.05) is 11.3 Å². The molecule has 2 aromatic heterocycles. The van der Waals surface area contributed by atoms with E-state index < -0.39 is 0 Å². The third-order valence-electron chi connectivity index (χ3n) is 2.79. The third kappa shape index (κ3) is 2.77. The number of fused-ring (bicyclic) bond motifs is 1. The van der Waals surface area contributed by atoms with Crippen molar-refractivity contribution in [1.29, 1.82) is 0 Å². The van der Waals surface area contributed by atoms with Gasteiger partial charge in [-0.1, -0.05) is 12.1 Å². The van der Waals surface area contributed by atoms with Crippen LogP contribution in [0.5, 0.6) is 0 Å². The molecular weight excluding hydrogens is 260 g/mol. The monoisotopic (exact) mass is 274 g/mol. The zero-order chi connectivity index (χ0) is 13.1. The molecule has 2 heterocycles. The van der Waals surface area contributed by atoms with Crippen LogP contribution in [0.3, 0.4) is 0 Å². The van der Waals surface area contributed by atoms with Crippen molar-refractivity contribution >= 4 is 28.1 Å². The highest BCUT2D eigenvalue weighted by molar-refractivity contribution is 7.09. The Morgan fingerprint density at radius 1 is 1.26 bits per heavy atom. The van der Waals surface area contributed by atoms with Crippen LogP contribution in [0.4, 0.5) is 5.69 Å². The van der Waals surface area contributed by atoms with Crippen LogP contribution in [0, 0.1) is 0 Å². The van der Waals surface area contributed by atoms with Gasteiger partial charge in [-0.15, -0.1) is 11.3 Å². The molecule has 0 atom stereocenters. The van der Waals surface area contributed by atoms with Crippen molar-refractivity contribution in [3.05, 3.63) is 46.5 Å². The van der Waals surface area contributed by atoms with Gasteiger partial charge in [-0.2, -0.15) is 0 Å². The summed E-state index contributed by atoms with van der Waals surface area (Å²) in [5, 5.41) is 2.07. The summed E-state index contributed by atoms with van der Waals surface area (Å²) in [4.78, 5) is 5.65. The number of ether oxygens (including phenoxy) is 1. The molecule has 5 heteroatoms. The van der Waals surface area contributed by atoms with E-state index in [9.17, 15) is 0 Å². The van der Waals surface area contributed by atoms with E-state index in [1.54, 1.807) is 11.3 Å². The van der Waals surface area contributed by atoms with Gasteiger partial charge in [0.05, 0.1) is 12.3 Å². The molecule has 0 aliphatic rings. The summed E-state index contributed by atoms with van der Waals surface area (Å²) in [6, 6.07) is 9.67. The van der Waals surface area contributed by atoms with Crippen LogP contribution in [0.2, 0.25) is 0 Å². The summed E-state index contributed by atoms with van der Waals surface area (Å²) in [6.45, 7) is 1.04. The molecule has 98 valence electrons. The van der Waals surface area contributed by atoms with Gasteiger partial charge in [-0.05, 0) is 23.6 Å². The predicted molar refractivity (Wildman–Crippen MR) is 76.1 cm³/mol. The van der Waals surface area contributed by atoms with Gasteiger partial charge in [0.2, 0.25) is 5.89 Å². The SMILES string of the molecule is Nc1cccc2oc(COCCc3cccs3)nc12. The van der Waals surface area contributed by atoms with Gasteiger partial charge < -0.3 is 14.9 Å². The first-order chi connectivity index (χ1) is 9.33. The number of nitrogen functional groups attached to an aromatic ring is 1. The highest BCUT2D eigenvalue weighted by Crippen LogP contribution is 2.21. The number of anilines is 1. The van der Waals surface area contributed by atoms with Crippen LogP contribution in [-0.4, -0.2) is 11.6 Å². The molecule has 0 saturated heterocycles. The summed E-state index contributed by atoms with van der Waals surface area (Å²) in [5.41, 5.74) is 7.87. The Bertz CT molecular complexity index is 661. The van der Waals surface area contributed by atoms with E-state index in [4.69, 9.17) is 14.9 Å². The second-order valence-electron chi connectivity index (χ2n) is 4.18. The van der Waals surface area contributed by atoms with E-state index in [1.165, 1.54) is 4.88 Å². The van der Waals surface area contributed by atoms with Gasteiger partial charge in [0.1, 0.15) is 12.1 Å². The molecule has 0 radical (unpaired) electrons. The molecule has 2 N–H and O–H groups in total. The van der Waals surface area contributed by atoms with Crippen LogP contribution in [0.25, 0.3) is 11.1 Å². The van der Waals surface area contributed by atoms with Crippen molar-refractivity contribution in [2.45, 2.75) is 13.0 Å². The Morgan fingerprint density at radius 3 is 3.00 bits per heavy atom. The average molecular weight is 274 g/mol. The quantitative estimate of drug-likeness (QED) is 0.573. The van der Waals surface area contributed by atoms with Crippen molar-refractivity contribution in [1.82, 2.24) is 4.98 Å². The average Bonchev–Trinajstić information content (AvgIpc) is 3.04. The highest BCUT2D eigenvalue weighted by Gasteiger charge is 2.07. The molecule has 3 rings (SSSR count). The Morgan fingerprint density at radius 2 is 2.21 bits per heavy atom. The second-order valence-corrected chi connectivity index (χ2v) is 5.22. The maximum Gasteiger partial charge on any atom is 0.221 e. The van der Waals surface area contributed by atoms with Gasteiger partial charge in [0.15, 0.2) is 5.58 Å². The molecule has 0 aliphatic heterocycles. The smallest absolute Gasteiger partial charge is 0.221 e. The van der Waals surface area contributed by atoms with Gasteiger partial charge in [0.25, 0.3) is 0 Å². The number of rotatable bonds is 5. The van der Waals surface area contributed by atoms with Gasteiger partial charge >= 0.3 is 0 Å². The zero-order valence-electron chi connectivity index (χ0n) is 10.3. The first-order valence-corrected chi connectivity index (χ1v) is 6.95. The lowest BCUT2D eigenvalue weighted by Crippen LogP contribution is -1.98. The Hall–Kier alpha value is -1.85. The summed E-state index contributed by atoms with van der Waals surface area (Å²) < 4.78 is 11.1. The lowest BCUT2D eigenvalue weighted by atomic mass is 10.3. The molecule has 4 nitrogen and oxygen atoms in total. The number of para-hydroxylation sites is 1. The van der Waals surface area contributed by atoms with Crippen LogP contribution in [0.15, 0.2) is 40.1 Å². The summed E-state index contributed by atoms with van der Waals surface area (Å²) >= 11 is 1.74.